The van der Waals surface area contributed by atoms with Crippen LogP contribution in [0.4, 0.5) is 0 Å². The van der Waals surface area contributed by atoms with Crippen LogP contribution < -0.4 is 11.1 Å². The predicted octanol–water partition coefficient (Wildman–Crippen LogP) is -0.0523. The number of nitrogens with one attached hydrogen (secondary N) is 1. The Hall–Kier alpha value is -1.14. The average Bonchev–Trinajstić information content (AvgIpc) is 2.23. The van der Waals surface area contributed by atoms with Crippen LogP contribution in [0.3, 0.4) is 0 Å². The summed E-state index contributed by atoms with van der Waals surface area (Å²) in [5, 5.41) is 20.4. The normalized spacial score (nSPS) is 16.1. The van der Waals surface area contributed by atoms with Gasteiger partial charge in [0, 0.05) is 6.42 Å². The first kappa shape index (κ1) is 16.9. The number of carbonyl (C=O) groups is 2. The Morgan fingerprint density at radius 1 is 1.28 bits per heavy atom. The Morgan fingerprint density at radius 3 is 2.17 bits per heavy atom. The number of aliphatic hydroxyl groups excluding tert-OH is 1. The van der Waals surface area contributed by atoms with Crippen LogP contribution in [0.5, 0.6) is 0 Å². The van der Waals surface area contributed by atoms with E-state index in [0.29, 0.717) is 12.5 Å². The fourth-order valence-electron chi connectivity index (χ4n) is 1.81. The van der Waals surface area contributed by atoms with Gasteiger partial charge in [0.2, 0.25) is 5.91 Å². The van der Waals surface area contributed by atoms with E-state index in [1.807, 2.05) is 13.8 Å². The van der Waals surface area contributed by atoms with Gasteiger partial charge in [0.05, 0.1) is 6.10 Å². The molecule has 0 aromatic carbocycles. The lowest BCUT2D eigenvalue weighted by atomic mass is 9.94. The molecule has 6 nitrogen and oxygen atoms in total. The molecule has 6 heteroatoms. The van der Waals surface area contributed by atoms with Crippen molar-refractivity contribution in [2.75, 3.05) is 6.54 Å². The molecule has 3 atom stereocenters. The number of aliphatic carboxylic acids is 1. The highest BCUT2D eigenvalue weighted by Gasteiger charge is 2.25. The highest BCUT2D eigenvalue weighted by molar-refractivity contribution is 5.84. The van der Waals surface area contributed by atoms with Gasteiger partial charge in [-0.15, -0.1) is 0 Å². The van der Waals surface area contributed by atoms with Crippen molar-refractivity contribution in [3.63, 3.8) is 0 Å². The second-order valence-electron chi connectivity index (χ2n) is 5.06. The zero-order valence-electron chi connectivity index (χ0n) is 11.2. The summed E-state index contributed by atoms with van der Waals surface area (Å²) in [6, 6.07) is -1.27. The minimum absolute atomic E-state index is 0.0356. The molecule has 0 radical (unpaired) electrons. The van der Waals surface area contributed by atoms with E-state index in [-0.39, 0.29) is 18.2 Å². The van der Waals surface area contributed by atoms with Gasteiger partial charge >= 0.3 is 5.97 Å². The van der Waals surface area contributed by atoms with E-state index >= 15 is 0 Å². The molecule has 0 heterocycles. The maximum Gasteiger partial charge on any atom is 0.328 e. The van der Waals surface area contributed by atoms with Crippen LogP contribution in [0.15, 0.2) is 0 Å². The van der Waals surface area contributed by atoms with Crippen LogP contribution in [0.25, 0.3) is 0 Å². The molecule has 0 aromatic heterocycles. The van der Waals surface area contributed by atoms with Crippen molar-refractivity contribution in [2.45, 2.75) is 45.8 Å². The van der Waals surface area contributed by atoms with Crippen molar-refractivity contribution >= 4 is 11.9 Å². The highest BCUT2D eigenvalue weighted by Crippen LogP contribution is 2.14. The molecule has 106 valence electrons. The van der Waals surface area contributed by atoms with E-state index < -0.39 is 18.1 Å². The lowest BCUT2D eigenvalue weighted by Crippen LogP contribution is -2.48. The molecule has 1 amide bonds. The summed E-state index contributed by atoms with van der Waals surface area (Å²) in [6.45, 7) is 5.79. The standard InChI is InChI=1S/C12H24N2O4/c1-7(2)4-9(6-13)5-10(16)14-11(8(3)15)12(17)18/h7-9,11,15H,4-6,13H2,1-3H3,(H,14,16)(H,17,18)/t8-,9?,11+/m1/s1. The number of aliphatic hydroxyl groups is 1. The largest absolute Gasteiger partial charge is 0.480 e. The molecule has 0 aliphatic rings. The van der Waals surface area contributed by atoms with Crippen molar-refractivity contribution in [3.05, 3.63) is 0 Å². The van der Waals surface area contributed by atoms with Crippen LogP contribution in [-0.2, 0) is 9.59 Å². The smallest absolute Gasteiger partial charge is 0.328 e. The summed E-state index contributed by atoms with van der Waals surface area (Å²) in [5.74, 6) is -1.17. The Balaban J connectivity index is 4.34. The Kier molecular flexibility index (Phi) is 7.54. The Bertz CT molecular complexity index is 279. The quantitative estimate of drug-likeness (QED) is 0.488. The fourth-order valence-corrected chi connectivity index (χ4v) is 1.81. The Labute approximate surface area is 108 Å². The summed E-state index contributed by atoms with van der Waals surface area (Å²) in [7, 11) is 0. The number of amides is 1. The van der Waals surface area contributed by atoms with Gasteiger partial charge in [-0.05, 0) is 31.7 Å². The highest BCUT2D eigenvalue weighted by atomic mass is 16.4. The first-order valence-electron chi connectivity index (χ1n) is 6.18. The van der Waals surface area contributed by atoms with E-state index in [1.165, 1.54) is 6.92 Å². The summed E-state index contributed by atoms with van der Waals surface area (Å²) in [4.78, 5) is 22.5. The van der Waals surface area contributed by atoms with Crippen molar-refractivity contribution < 1.29 is 19.8 Å². The van der Waals surface area contributed by atoms with Crippen LogP contribution in [0.1, 0.15) is 33.6 Å². The molecule has 5 N–H and O–H groups in total. The molecular weight excluding hydrogens is 236 g/mol. The number of carboxylic acid groups (broad SMARTS) is 1. The molecule has 0 rings (SSSR count). The first-order valence-corrected chi connectivity index (χ1v) is 6.18. The topological polar surface area (TPSA) is 113 Å². The molecule has 0 fully saturated rings. The maximum atomic E-state index is 11.7. The van der Waals surface area contributed by atoms with Crippen molar-refractivity contribution in [3.8, 4) is 0 Å². The van der Waals surface area contributed by atoms with Crippen molar-refractivity contribution in [2.24, 2.45) is 17.6 Å². The minimum atomic E-state index is -1.27. The van der Waals surface area contributed by atoms with Crippen molar-refractivity contribution in [1.82, 2.24) is 5.32 Å². The van der Waals surface area contributed by atoms with Gasteiger partial charge in [-0.2, -0.15) is 0 Å². The second kappa shape index (κ2) is 8.05. The van der Waals surface area contributed by atoms with Gasteiger partial charge in [0.15, 0.2) is 6.04 Å². The van der Waals surface area contributed by atoms with Gasteiger partial charge in [0.1, 0.15) is 0 Å². The van der Waals surface area contributed by atoms with Crippen LogP contribution in [0, 0.1) is 11.8 Å². The molecule has 0 aliphatic heterocycles. The van der Waals surface area contributed by atoms with E-state index in [1.54, 1.807) is 0 Å². The predicted molar refractivity (Wildman–Crippen MR) is 67.9 cm³/mol. The summed E-state index contributed by atoms with van der Waals surface area (Å²) in [6.07, 6.45) is -0.130. The number of nitrogens with two attached hydrogens (primary N) is 1. The number of carboxylic acids is 1. The molecule has 0 bridgehead atoms. The first-order chi connectivity index (χ1) is 8.27. The summed E-state index contributed by atoms with van der Waals surface area (Å²) >= 11 is 0. The van der Waals surface area contributed by atoms with Crippen LogP contribution in [0.2, 0.25) is 0 Å². The van der Waals surface area contributed by atoms with Gasteiger partial charge in [-0.25, -0.2) is 4.79 Å². The Morgan fingerprint density at radius 2 is 1.83 bits per heavy atom. The van der Waals surface area contributed by atoms with Gasteiger partial charge in [-0.1, -0.05) is 13.8 Å². The fraction of sp³-hybridized carbons (Fsp3) is 0.833. The number of rotatable bonds is 8. The number of hydrogen-bond donors (Lipinski definition) is 4. The lowest BCUT2D eigenvalue weighted by molar-refractivity contribution is -0.144. The van der Waals surface area contributed by atoms with E-state index in [2.05, 4.69) is 5.32 Å². The van der Waals surface area contributed by atoms with Crippen molar-refractivity contribution in [1.29, 1.82) is 0 Å². The molecule has 0 spiro atoms. The van der Waals surface area contributed by atoms with E-state index in [0.717, 1.165) is 6.42 Å². The zero-order chi connectivity index (χ0) is 14.3. The third kappa shape index (κ3) is 6.56. The van der Waals surface area contributed by atoms with Gasteiger partial charge < -0.3 is 21.3 Å². The number of hydrogen-bond acceptors (Lipinski definition) is 4. The molecule has 0 aliphatic carbocycles. The van der Waals surface area contributed by atoms with Gasteiger partial charge in [-0.3, -0.25) is 4.79 Å². The molecule has 18 heavy (non-hydrogen) atoms. The summed E-state index contributed by atoms with van der Waals surface area (Å²) < 4.78 is 0. The van der Waals surface area contributed by atoms with Crippen LogP contribution >= 0.6 is 0 Å². The lowest BCUT2D eigenvalue weighted by Gasteiger charge is -2.20. The zero-order valence-corrected chi connectivity index (χ0v) is 11.2. The third-order valence-electron chi connectivity index (χ3n) is 2.68. The maximum absolute atomic E-state index is 11.7. The average molecular weight is 260 g/mol. The van der Waals surface area contributed by atoms with E-state index in [4.69, 9.17) is 10.8 Å². The molecular formula is C12H24N2O4. The monoisotopic (exact) mass is 260 g/mol. The van der Waals surface area contributed by atoms with Gasteiger partial charge in [0.25, 0.3) is 0 Å². The number of carbonyl (C=O) groups excluding carboxylic acids is 1. The van der Waals surface area contributed by atoms with E-state index in [9.17, 15) is 14.7 Å². The van der Waals surface area contributed by atoms with Crippen LogP contribution in [-0.4, -0.2) is 40.8 Å². The molecule has 0 saturated heterocycles. The molecule has 0 saturated carbocycles. The SMILES string of the molecule is CC(C)CC(CN)CC(=O)N[C@H](C(=O)O)[C@@H](C)O. The second-order valence-corrected chi connectivity index (χ2v) is 5.06. The summed E-state index contributed by atoms with van der Waals surface area (Å²) in [5.41, 5.74) is 5.57. The molecule has 0 aromatic rings. The molecule has 1 unspecified atom stereocenters. The third-order valence-corrected chi connectivity index (χ3v) is 2.68. The minimum Gasteiger partial charge on any atom is -0.480 e.